The van der Waals surface area contributed by atoms with Gasteiger partial charge in [0, 0.05) is 34.9 Å². The third kappa shape index (κ3) is 12.8. The Hall–Kier alpha value is -7.40. The Morgan fingerprint density at radius 3 is 1.12 bits per heavy atom. The van der Waals surface area contributed by atoms with Crippen molar-refractivity contribution < 1.29 is 45.4 Å². The lowest BCUT2D eigenvalue weighted by Gasteiger charge is -2.13. The van der Waals surface area contributed by atoms with E-state index in [0.717, 1.165) is 24.3 Å². The Morgan fingerprint density at radius 1 is 0.467 bits per heavy atom. The average molecular weight is 864 g/mol. The molecule has 6 aromatic carbocycles. The highest BCUT2D eigenvalue weighted by Crippen LogP contribution is 2.37. The Bertz CT molecular complexity index is 2400. The molecule has 0 aliphatic heterocycles. The minimum atomic E-state index is -4.64. The van der Waals surface area contributed by atoms with Crippen molar-refractivity contribution in [1.82, 2.24) is 0 Å². The van der Waals surface area contributed by atoms with Gasteiger partial charge in [-0.3, -0.25) is 0 Å². The van der Waals surface area contributed by atoms with E-state index in [1.165, 1.54) is 12.1 Å². The van der Waals surface area contributed by atoms with E-state index in [9.17, 15) is 35.9 Å². The molecular weight excluding hydrogens is 837 g/mol. The number of nitrogens with one attached hydrogen (secondary N) is 4. The summed E-state index contributed by atoms with van der Waals surface area (Å²) >= 11 is 11.1. The van der Waals surface area contributed by atoms with E-state index in [-0.39, 0.29) is 11.4 Å². The summed E-state index contributed by atoms with van der Waals surface area (Å²) in [7, 11) is 0. The molecule has 0 aliphatic rings. The Labute approximate surface area is 347 Å². The number of rotatable bonds is 8. The standard InChI is InChI=1S/2C21H13ClF3N3O2/c2*22-19-9-6-15(11-18(19)21(23,24)25)28-20(29)27-14-2-1-3-17(10-14)30-16-7-4-13(12-26)5-8-16/h2*1-11H,(H2,27,28,29). The van der Waals surface area contributed by atoms with Gasteiger partial charge in [0.25, 0.3) is 0 Å². The van der Waals surface area contributed by atoms with Gasteiger partial charge >= 0.3 is 24.4 Å². The number of anilines is 4. The zero-order valence-electron chi connectivity index (χ0n) is 30.3. The monoisotopic (exact) mass is 862 g/mol. The summed E-state index contributed by atoms with van der Waals surface area (Å²) in [6.45, 7) is 0. The molecule has 6 aromatic rings. The maximum atomic E-state index is 12.9. The van der Waals surface area contributed by atoms with Gasteiger partial charge in [0.2, 0.25) is 0 Å². The second-order valence-corrected chi connectivity index (χ2v) is 12.9. The third-order valence-electron chi connectivity index (χ3n) is 7.68. The van der Waals surface area contributed by atoms with Crippen molar-refractivity contribution in [2.75, 3.05) is 21.3 Å². The topological polar surface area (TPSA) is 148 Å². The highest BCUT2D eigenvalue weighted by atomic mass is 35.5. The molecule has 0 aliphatic carbocycles. The number of carbonyl (C=O) groups excluding carboxylic acids is 2. The zero-order valence-corrected chi connectivity index (χ0v) is 31.8. The number of alkyl halides is 6. The van der Waals surface area contributed by atoms with Crippen LogP contribution in [0, 0.1) is 22.7 Å². The summed E-state index contributed by atoms with van der Waals surface area (Å²) in [6.07, 6.45) is -9.27. The Kier molecular flexibility index (Phi) is 14.1. The van der Waals surface area contributed by atoms with Gasteiger partial charge in [-0.15, -0.1) is 0 Å². The fourth-order valence-corrected chi connectivity index (χ4v) is 5.42. The molecule has 0 saturated heterocycles. The van der Waals surface area contributed by atoms with E-state index in [4.69, 9.17) is 43.2 Å². The van der Waals surface area contributed by atoms with Gasteiger partial charge in [0.1, 0.15) is 23.0 Å². The summed E-state index contributed by atoms with van der Waals surface area (Å²) < 4.78 is 88.9. The first-order valence-electron chi connectivity index (χ1n) is 16.9. The molecule has 0 fully saturated rings. The number of hydrogen-bond donors (Lipinski definition) is 4. The molecule has 0 heterocycles. The van der Waals surface area contributed by atoms with Crippen molar-refractivity contribution in [3.63, 3.8) is 0 Å². The van der Waals surface area contributed by atoms with Gasteiger partial charge in [-0.1, -0.05) is 35.3 Å². The smallest absolute Gasteiger partial charge is 0.417 e. The lowest BCUT2D eigenvalue weighted by molar-refractivity contribution is -0.138. The normalized spacial score (nSPS) is 10.8. The van der Waals surface area contributed by atoms with Gasteiger partial charge < -0.3 is 30.7 Å². The molecule has 18 heteroatoms. The molecule has 4 amide bonds. The van der Waals surface area contributed by atoms with Gasteiger partial charge in [-0.2, -0.15) is 36.9 Å². The highest BCUT2D eigenvalue weighted by molar-refractivity contribution is 6.32. The first kappa shape index (κ1) is 43.7. The van der Waals surface area contributed by atoms with Crippen LogP contribution >= 0.6 is 23.2 Å². The molecular formula is C42H26Cl2F6N6O4. The molecule has 6 rings (SSSR count). The lowest BCUT2D eigenvalue weighted by Crippen LogP contribution is -2.20. The van der Waals surface area contributed by atoms with Crippen molar-refractivity contribution in [2.24, 2.45) is 0 Å². The van der Waals surface area contributed by atoms with E-state index in [1.807, 2.05) is 12.1 Å². The van der Waals surface area contributed by atoms with Crippen LogP contribution in [0.2, 0.25) is 10.0 Å². The van der Waals surface area contributed by atoms with Gasteiger partial charge in [0.15, 0.2) is 0 Å². The minimum Gasteiger partial charge on any atom is -0.457 e. The molecule has 304 valence electrons. The van der Waals surface area contributed by atoms with Crippen LogP contribution in [0.15, 0.2) is 133 Å². The molecule has 0 unspecified atom stereocenters. The molecule has 10 nitrogen and oxygen atoms in total. The third-order valence-corrected chi connectivity index (χ3v) is 8.34. The Morgan fingerprint density at radius 2 is 0.800 bits per heavy atom. The van der Waals surface area contributed by atoms with Crippen LogP contribution in [0.1, 0.15) is 22.3 Å². The molecule has 0 atom stereocenters. The second-order valence-electron chi connectivity index (χ2n) is 12.1. The van der Waals surface area contributed by atoms with Crippen LogP contribution in [-0.2, 0) is 12.4 Å². The quantitative estimate of drug-likeness (QED) is 0.112. The van der Waals surface area contributed by atoms with Crippen molar-refractivity contribution in [2.45, 2.75) is 12.4 Å². The first-order valence-corrected chi connectivity index (χ1v) is 17.7. The van der Waals surface area contributed by atoms with Crippen LogP contribution in [0.25, 0.3) is 0 Å². The fraction of sp³-hybridized carbons (Fsp3) is 0.0476. The van der Waals surface area contributed by atoms with E-state index in [1.54, 1.807) is 97.1 Å². The van der Waals surface area contributed by atoms with Crippen LogP contribution < -0.4 is 30.7 Å². The second kappa shape index (κ2) is 19.4. The number of halogens is 8. The lowest BCUT2D eigenvalue weighted by atomic mass is 10.2. The van der Waals surface area contributed by atoms with E-state index in [0.29, 0.717) is 45.5 Å². The summed E-state index contributed by atoms with van der Waals surface area (Å²) in [5, 5.41) is 26.4. The number of amides is 4. The van der Waals surface area contributed by atoms with E-state index >= 15 is 0 Å². The summed E-state index contributed by atoms with van der Waals surface area (Å²) in [4.78, 5) is 24.3. The fourth-order valence-electron chi connectivity index (χ4n) is 4.97. The van der Waals surface area contributed by atoms with E-state index < -0.39 is 45.6 Å². The SMILES string of the molecule is N#Cc1ccc(Oc2cccc(NC(=O)Nc3ccc(Cl)c(C(F)(F)F)c3)c2)cc1.N#Cc1ccc(Oc2cccc(NC(=O)Nc3ccc(Cl)c(C(F)(F)F)c3)c2)cc1. The average Bonchev–Trinajstić information content (AvgIpc) is 3.19. The van der Waals surface area contributed by atoms with Crippen molar-refractivity contribution in [3.8, 4) is 35.1 Å². The van der Waals surface area contributed by atoms with Crippen molar-refractivity contribution in [3.05, 3.63) is 166 Å². The number of nitriles is 2. The molecule has 0 saturated carbocycles. The maximum absolute atomic E-state index is 12.9. The van der Waals surface area contributed by atoms with Crippen molar-refractivity contribution in [1.29, 1.82) is 10.5 Å². The number of ether oxygens (including phenoxy) is 2. The van der Waals surface area contributed by atoms with Crippen molar-refractivity contribution >= 4 is 58.0 Å². The molecule has 0 radical (unpaired) electrons. The summed E-state index contributed by atoms with van der Waals surface area (Å²) in [6, 6.07) is 34.5. The highest BCUT2D eigenvalue weighted by Gasteiger charge is 2.34. The van der Waals surface area contributed by atoms with Crippen LogP contribution in [0.5, 0.6) is 23.0 Å². The number of urea groups is 2. The molecule has 60 heavy (non-hydrogen) atoms. The van der Waals surface area contributed by atoms with E-state index in [2.05, 4.69) is 21.3 Å². The zero-order chi connectivity index (χ0) is 43.5. The predicted octanol–water partition coefficient (Wildman–Crippen LogP) is 13.3. The molecule has 0 spiro atoms. The Balaban J connectivity index is 0.000000228. The van der Waals surface area contributed by atoms with Gasteiger partial charge in [-0.05, 0) is 109 Å². The largest absolute Gasteiger partial charge is 0.457 e. The molecule has 0 bridgehead atoms. The molecule has 4 N–H and O–H groups in total. The maximum Gasteiger partial charge on any atom is 0.417 e. The van der Waals surface area contributed by atoms with Crippen LogP contribution in [0.3, 0.4) is 0 Å². The summed E-state index contributed by atoms with van der Waals surface area (Å²) in [5.41, 5.74) is -0.495. The predicted molar refractivity (Wildman–Crippen MR) is 214 cm³/mol. The number of hydrogen-bond acceptors (Lipinski definition) is 6. The molecule has 0 aromatic heterocycles. The minimum absolute atomic E-state index is 0.0609. The number of nitrogens with zero attached hydrogens (tertiary/aromatic N) is 2. The van der Waals surface area contributed by atoms with Crippen LogP contribution in [-0.4, -0.2) is 12.1 Å². The van der Waals surface area contributed by atoms with Gasteiger partial charge in [-0.25, -0.2) is 9.59 Å². The first-order chi connectivity index (χ1) is 28.5. The van der Waals surface area contributed by atoms with Gasteiger partial charge in [0.05, 0.1) is 44.4 Å². The summed E-state index contributed by atoms with van der Waals surface area (Å²) in [5.74, 6) is 1.83. The van der Waals surface area contributed by atoms with Crippen LogP contribution in [0.4, 0.5) is 58.7 Å². The number of carbonyl (C=O) groups is 2. The number of benzene rings is 6.